The molecule has 11 heteroatoms. The molecule has 1 unspecified atom stereocenters. The Bertz CT molecular complexity index is 1180. The van der Waals surface area contributed by atoms with Crippen LogP contribution in [0.2, 0.25) is 0 Å². The third-order valence-corrected chi connectivity index (χ3v) is 5.48. The summed E-state index contributed by atoms with van der Waals surface area (Å²) < 4.78 is 5.35. The van der Waals surface area contributed by atoms with Crippen LogP contribution in [0, 0.1) is 0 Å². The highest BCUT2D eigenvalue weighted by atomic mass is 16.4. The lowest BCUT2D eigenvalue weighted by Crippen LogP contribution is -2.28. The summed E-state index contributed by atoms with van der Waals surface area (Å²) in [5.41, 5.74) is 1.40. The van der Waals surface area contributed by atoms with Crippen LogP contribution >= 0.6 is 0 Å². The molecule has 1 aromatic carbocycles. The summed E-state index contributed by atoms with van der Waals surface area (Å²) in [6.45, 7) is 0.736. The van der Waals surface area contributed by atoms with Gasteiger partial charge in [0.25, 0.3) is 11.8 Å². The van der Waals surface area contributed by atoms with Crippen LogP contribution in [0.4, 0.5) is 4.79 Å². The molecule has 0 fully saturated rings. The third-order valence-electron chi connectivity index (χ3n) is 5.48. The number of Topliss-reactive ketones (excluding diaryl/α,β-unsaturated/α-hetero) is 1. The molecule has 3 rings (SSSR count). The van der Waals surface area contributed by atoms with Crippen LogP contribution in [-0.2, 0) is 11.3 Å². The molecule has 0 spiro atoms. The van der Waals surface area contributed by atoms with Crippen LogP contribution in [-0.4, -0.2) is 51.9 Å². The highest BCUT2D eigenvalue weighted by Crippen LogP contribution is 2.24. The fourth-order valence-corrected chi connectivity index (χ4v) is 3.59. The van der Waals surface area contributed by atoms with Crippen molar-refractivity contribution in [3.8, 4) is 0 Å². The summed E-state index contributed by atoms with van der Waals surface area (Å²) in [6.07, 6.45) is 3.32. The van der Waals surface area contributed by atoms with Gasteiger partial charge in [0.1, 0.15) is 6.26 Å². The largest absolute Gasteiger partial charge is 0.465 e. The number of ketones is 1. The Morgan fingerprint density at radius 2 is 1.70 bits per heavy atom. The number of benzene rings is 1. The van der Waals surface area contributed by atoms with Crippen molar-refractivity contribution in [2.75, 3.05) is 13.1 Å². The van der Waals surface area contributed by atoms with Gasteiger partial charge < -0.3 is 25.5 Å². The fourth-order valence-electron chi connectivity index (χ4n) is 3.59. The molecular weight excluding hydrogens is 478 g/mol. The standard InChI is InChI=1S/C26H29N5O6/c32-22(11-5-7-14-29-26(35)36)28-15-12-20(18-8-2-1-3-9-18)23(33)25-31-21(17-37-25)24(34)30-16-19-10-4-6-13-27-19/h1-4,6,8-10,13,17,20,29H,5,7,11-12,14-16H2,(H,28,32)(H,30,34)(H,35,36). The van der Waals surface area contributed by atoms with Crippen LogP contribution < -0.4 is 16.0 Å². The Balaban J connectivity index is 1.55. The summed E-state index contributed by atoms with van der Waals surface area (Å²) in [5, 5.41) is 16.3. The summed E-state index contributed by atoms with van der Waals surface area (Å²) in [7, 11) is 0. The van der Waals surface area contributed by atoms with Crippen LogP contribution in [0.25, 0.3) is 0 Å². The number of carboxylic acid groups (broad SMARTS) is 1. The summed E-state index contributed by atoms with van der Waals surface area (Å²) in [5.74, 6) is -1.89. The molecule has 4 N–H and O–H groups in total. The van der Waals surface area contributed by atoms with Crippen molar-refractivity contribution >= 4 is 23.7 Å². The van der Waals surface area contributed by atoms with Gasteiger partial charge >= 0.3 is 6.09 Å². The topological polar surface area (TPSA) is 164 Å². The number of aromatic nitrogens is 2. The van der Waals surface area contributed by atoms with Gasteiger partial charge in [0.2, 0.25) is 11.7 Å². The molecule has 2 heterocycles. The molecule has 0 saturated heterocycles. The predicted molar refractivity (Wildman–Crippen MR) is 133 cm³/mol. The number of rotatable bonds is 14. The maximum atomic E-state index is 13.3. The smallest absolute Gasteiger partial charge is 0.404 e. The number of amides is 3. The second-order valence-electron chi connectivity index (χ2n) is 8.20. The zero-order valence-electron chi connectivity index (χ0n) is 20.2. The molecule has 0 bridgehead atoms. The number of nitrogens with one attached hydrogen (secondary N) is 3. The number of nitrogens with zero attached hydrogens (tertiary/aromatic N) is 2. The molecule has 0 saturated carbocycles. The van der Waals surface area contributed by atoms with E-state index in [-0.39, 0.29) is 43.5 Å². The van der Waals surface area contributed by atoms with Crippen LogP contribution in [0.15, 0.2) is 65.4 Å². The van der Waals surface area contributed by atoms with E-state index < -0.39 is 23.7 Å². The van der Waals surface area contributed by atoms with E-state index in [0.29, 0.717) is 25.0 Å². The SMILES string of the molecule is O=C(O)NCCCCC(=O)NCCC(C(=O)c1nc(C(=O)NCc2ccccn2)co1)c1ccccc1. The van der Waals surface area contributed by atoms with Gasteiger partial charge in [-0.3, -0.25) is 19.4 Å². The van der Waals surface area contributed by atoms with E-state index in [2.05, 4.69) is 25.9 Å². The Hall–Kier alpha value is -4.54. The number of carbonyl (C=O) groups is 4. The quantitative estimate of drug-likeness (QED) is 0.191. The predicted octanol–water partition coefficient (Wildman–Crippen LogP) is 2.91. The highest BCUT2D eigenvalue weighted by molar-refractivity contribution is 5.99. The van der Waals surface area contributed by atoms with Gasteiger partial charge in [0, 0.05) is 25.7 Å². The number of hydrogen-bond acceptors (Lipinski definition) is 7. The van der Waals surface area contributed by atoms with Gasteiger partial charge in [-0.15, -0.1) is 0 Å². The Morgan fingerprint density at radius 3 is 2.43 bits per heavy atom. The van der Waals surface area contributed by atoms with Crippen molar-refractivity contribution in [2.24, 2.45) is 0 Å². The molecule has 3 amide bonds. The number of pyridine rings is 1. The first-order valence-corrected chi connectivity index (χ1v) is 11.9. The highest BCUT2D eigenvalue weighted by Gasteiger charge is 2.27. The summed E-state index contributed by atoms with van der Waals surface area (Å²) in [4.78, 5) is 56.5. The maximum absolute atomic E-state index is 13.3. The molecule has 37 heavy (non-hydrogen) atoms. The molecule has 0 aliphatic rings. The Kier molecular flexibility index (Phi) is 10.3. The van der Waals surface area contributed by atoms with E-state index in [1.165, 1.54) is 0 Å². The molecule has 0 radical (unpaired) electrons. The average Bonchev–Trinajstić information content (AvgIpc) is 3.41. The molecule has 0 aliphatic heterocycles. The Labute approximate surface area is 213 Å². The van der Waals surface area contributed by atoms with E-state index in [9.17, 15) is 19.2 Å². The fraction of sp³-hybridized carbons (Fsp3) is 0.308. The zero-order chi connectivity index (χ0) is 26.5. The first-order chi connectivity index (χ1) is 17.9. The van der Waals surface area contributed by atoms with Crippen LogP contribution in [0.5, 0.6) is 0 Å². The molecule has 194 valence electrons. The van der Waals surface area contributed by atoms with E-state index in [4.69, 9.17) is 9.52 Å². The first kappa shape index (κ1) is 27.1. The number of unbranched alkanes of at least 4 members (excludes halogenated alkanes) is 1. The minimum Gasteiger partial charge on any atom is -0.465 e. The van der Waals surface area contributed by atoms with Crippen molar-refractivity contribution in [3.63, 3.8) is 0 Å². The van der Waals surface area contributed by atoms with E-state index in [1.54, 1.807) is 18.3 Å². The monoisotopic (exact) mass is 507 g/mol. The third kappa shape index (κ3) is 8.88. The van der Waals surface area contributed by atoms with E-state index >= 15 is 0 Å². The van der Waals surface area contributed by atoms with E-state index in [1.807, 2.05) is 36.4 Å². The van der Waals surface area contributed by atoms with Gasteiger partial charge in [0.05, 0.1) is 18.2 Å². The van der Waals surface area contributed by atoms with Crippen molar-refractivity contribution in [1.82, 2.24) is 25.9 Å². The minimum absolute atomic E-state index is 0.0169. The van der Waals surface area contributed by atoms with Crippen molar-refractivity contribution in [2.45, 2.75) is 38.1 Å². The van der Waals surface area contributed by atoms with Gasteiger partial charge in [-0.1, -0.05) is 36.4 Å². The Morgan fingerprint density at radius 1 is 0.919 bits per heavy atom. The average molecular weight is 508 g/mol. The normalized spacial score (nSPS) is 11.4. The number of oxazole rings is 1. The molecule has 11 nitrogen and oxygen atoms in total. The van der Waals surface area contributed by atoms with Crippen molar-refractivity contribution in [3.05, 3.63) is 83.8 Å². The van der Waals surface area contributed by atoms with Crippen molar-refractivity contribution < 1.29 is 28.7 Å². The summed E-state index contributed by atoms with van der Waals surface area (Å²) in [6, 6.07) is 14.4. The van der Waals surface area contributed by atoms with Gasteiger partial charge in [-0.05, 0) is 37.0 Å². The first-order valence-electron chi connectivity index (χ1n) is 11.9. The molecule has 3 aromatic rings. The molecular formula is C26H29N5O6. The zero-order valence-corrected chi connectivity index (χ0v) is 20.2. The van der Waals surface area contributed by atoms with Gasteiger partial charge in [-0.2, -0.15) is 0 Å². The second-order valence-corrected chi connectivity index (χ2v) is 8.20. The second kappa shape index (κ2) is 14.1. The number of hydrogen-bond donors (Lipinski definition) is 4. The molecule has 1 atom stereocenters. The maximum Gasteiger partial charge on any atom is 0.404 e. The molecule has 2 aromatic heterocycles. The lowest BCUT2D eigenvalue weighted by Gasteiger charge is -2.15. The van der Waals surface area contributed by atoms with Crippen LogP contribution in [0.3, 0.4) is 0 Å². The number of carbonyl (C=O) groups excluding carboxylic acids is 3. The van der Waals surface area contributed by atoms with Crippen LogP contribution in [0.1, 0.15) is 64.0 Å². The van der Waals surface area contributed by atoms with Crippen molar-refractivity contribution in [1.29, 1.82) is 0 Å². The summed E-state index contributed by atoms with van der Waals surface area (Å²) >= 11 is 0. The lowest BCUT2D eigenvalue weighted by molar-refractivity contribution is -0.121. The van der Waals surface area contributed by atoms with Gasteiger partial charge in [-0.25, -0.2) is 9.78 Å². The van der Waals surface area contributed by atoms with Gasteiger partial charge in [0.15, 0.2) is 5.69 Å². The lowest BCUT2D eigenvalue weighted by atomic mass is 9.91. The molecule has 0 aliphatic carbocycles. The minimum atomic E-state index is -1.09. The van der Waals surface area contributed by atoms with E-state index in [0.717, 1.165) is 11.8 Å².